The number of para-hydroxylation sites is 1. The Kier molecular flexibility index (Phi) is 14.0. The predicted molar refractivity (Wildman–Crippen MR) is 283 cm³/mol. The van der Waals surface area contributed by atoms with Crippen molar-refractivity contribution in [3.63, 3.8) is 0 Å². The summed E-state index contributed by atoms with van der Waals surface area (Å²) >= 11 is 0. The van der Waals surface area contributed by atoms with E-state index in [0.29, 0.717) is 76.8 Å². The minimum absolute atomic E-state index is 0.00712. The van der Waals surface area contributed by atoms with Crippen molar-refractivity contribution in [1.82, 2.24) is 39.4 Å². The fraction of sp³-hybridized carbons (Fsp3) is 0.400. The number of ether oxygens (including phenoxy) is 1. The number of aromatic nitrogens is 5. The van der Waals surface area contributed by atoms with Gasteiger partial charge in [0.05, 0.1) is 41.0 Å². The molecule has 10 rings (SSSR count). The van der Waals surface area contributed by atoms with Crippen LogP contribution in [0, 0.1) is 11.8 Å². The maximum absolute atomic E-state index is 13.9. The van der Waals surface area contributed by atoms with Gasteiger partial charge in [-0.1, -0.05) is 31.1 Å². The number of nitrogens with one attached hydrogen (secondary N) is 1. The monoisotopic (exact) mass is 1000 g/mol. The Morgan fingerprint density at radius 3 is 2.19 bits per heavy atom. The molecule has 0 saturated carbocycles. The van der Waals surface area contributed by atoms with Gasteiger partial charge in [0, 0.05) is 102 Å². The van der Waals surface area contributed by atoms with E-state index >= 15 is 0 Å². The highest BCUT2D eigenvalue weighted by atomic mass is 16.5. The summed E-state index contributed by atoms with van der Waals surface area (Å²) in [5.41, 5.74) is 5.68. The van der Waals surface area contributed by atoms with Crippen LogP contribution in [0.15, 0.2) is 85.1 Å². The number of phenols is 2. The van der Waals surface area contributed by atoms with Gasteiger partial charge in [0.15, 0.2) is 11.6 Å². The van der Waals surface area contributed by atoms with Gasteiger partial charge in [0.1, 0.15) is 22.9 Å². The van der Waals surface area contributed by atoms with E-state index < -0.39 is 0 Å². The summed E-state index contributed by atoms with van der Waals surface area (Å²) in [6.07, 6.45) is 5.15. The van der Waals surface area contributed by atoms with Crippen LogP contribution in [0.25, 0.3) is 17.1 Å². The number of nitrogens with zero attached hydrogens (tertiary/aromatic N) is 11. The first-order valence-corrected chi connectivity index (χ1v) is 25.6. The lowest BCUT2D eigenvalue weighted by Gasteiger charge is -2.40. The van der Waals surface area contributed by atoms with E-state index in [4.69, 9.17) is 9.72 Å². The second kappa shape index (κ2) is 20.9. The summed E-state index contributed by atoms with van der Waals surface area (Å²) < 4.78 is 7.53. The topological polar surface area (TPSA) is 209 Å². The maximum Gasteiger partial charge on any atom is 0.319 e. The highest BCUT2D eigenvalue weighted by Crippen LogP contribution is 2.41. The lowest BCUT2D eigenvalue weighted by atomic mass is 9.91. The third kappa shape index (κ3) is 9.82. The molecule has 4 aliphatic rings. The molecule has 3 fully saturated rings. The summed E-state index contributed by atoms with van der Waals surface area (Å²) in [5, 5.41) is 43.1. The van der Waals surface area contributed by atoms with Gasteiger partial charge in [-0.05, 0) is 105 Å². The van der Waals surface area contributed by atoms with Crippen molar-refractivity contribution >= 4 is 52.2 Å². The number of hydrogen-bond donors (Lipinski definition) is 4. The van der Waals surface area contributed by atoms with Crippen molar-refractivity contribution < 1.29 is 34.4 Å². The van der Waals surface area contributed by atoms with Crippen molar-refractivity contribution in [2.45, 2.75) is 52.4 Å². The zero-order valence-corrected chi connectivity index (χ0v) is 42.6. The minimum atomic E-state index is -0.375. The van der Waals surface area contributed by atoms with E-state index in [1.165, 1.54) is 10.6 Å². The van der Waals surface area contributed by atoms with Crippen molar-refractivity contribution in [3.05, 3.63) is 102 Å². The Balaban J connectivity index is 0.680. The molecule has 0 spiro atoms. The minimum Gasteiger partial charge on any atom is -0.508 e. The number of piperidine rings is 2. The SMILES string of the molecule is CCOc1cc(N2CCC(C(=O)N3CCC(CN4CCN(C(=O)c5ccc(-n6c(O)nnc6-c6cc(C(C)C)c(O)cc6O)cc5)CC4)CC3)CC2)ccc1Nc1ncc2c(n1)N(C)c1ccccc1C(=O)N2C. The number of likely N-dealkylation sites (tertiary alicyclic amines) is 1. The van der Waals surface area contributed by atoms with Crippen LogP contribution >= 0.6 is 0 Å². The number of carbonyl (C=O) groups is 3. The second-order valence-corrected chi connectivity index (χ2v) is 20.0. The summed E-state index contributed by atoms with van der Waals surface area (Å²) in [6, 6.07) is 23.0. The first-order chi connectivity index (χ1) is 35.8. The van der Waals surface area contributed by atoms with Crippen LogP contribution in [0.5, 0.6) is 23.3 Å². The third-order valence-corrected chi connectivity index (χ3v) is 15.1. The van der Waals surface area contributed by atoms with Crippen molar-refractivity contribution in [2.75, 3.05) is 99.6 Å². The van der Waals surface area contributed by atoms with Crippen molar-refractivity contribution in [1.29, 1.82) is 0 Å². The molecule has 0 aliphatic carbocycles. The van der Waals surface area contributed by atoms with Crippen LogP contribution in [0.3, 0.4) is 0 Å². The van der Waals surface area contributed by atoms with E-state index in [2.05, 4.69) is 41.3 Å². The molecule has 19 heteroatoms. The zero-order chi connectivity index (χ0) is 51.8. The van der Waals surface area contributed by atoms with Crippen LogP contribution < -0.4 is 24.8 Å². The van der Waals surface area contributed by atoms with E-state index in [-0.39, 0.29) is 52.9 Å². The van der Waals surface area contributed by atoms with Crippen LogP contribution in [0.4, 0.5) is 34.5 Å². The van der Waals surface area contributed by atoms with Crippen LogP contribution in [0.1, 0.15) is 78.7 Å². The third-order valence-electron chi connectivity index (χ3n) is 15.1. The molecule has 386 valence electrons. The van der Waals surface area contributed by atoms with Gasteiger partial charge in [-0.15, -0.1) is 5.10 Å². The van der Waals surface area contributed by atoms with E-state index in [1.54, 1.807) is 48.5 Å². The molecule has 74 heavy (non-hydrogen) atoms. The Morgan fingerprint density at radius 2 is 1.47 bits per heavy atom. The lowest BCUT2D eigenvalue weighted by Crippen LogP contribution is -2.51. The molecule has 2 aromatic heterocycles. The number of amides is 3. The van der Waals surface area contributed by atoms with Gasteiger partial charge in [-0.25, -0.2) is 9.55 Å². The molecule has 0 bridgehead atoms. The van der Waals surface area contributed by atoms with E-state index in [1.807, 2.05) is 74.0 Å². The largest absolute Gasteiger partial charge is 0.508 e. The number of anilines is 6. The predicted octanol–water partition coefficient (Wildman–Crippen LogP) is 7.38. The molecule has 0 unspecified atom stereocenters. The molecule has 4 aromatic carbocycles. The molecule has 4 N–H and O–H groups in total. The number of phenolic OH excluding ortho intramolecular Hbond substituents is 2. The number of hydrogen-bond acceptors (Lipinski definition) is 15. The van der Waals surface area contributed by atoms with E-state index in [9.17, 15) is 29.7 Å². The summed E-state index contributed by atoms with van der Waals surface area (Å²) in [5.74, 6) is 2.15. The van der Waals surface area contributed by atoms with Crippen LogP contribution in [-0.4, -0.2) is 152 Å². The first-order valence-electron chi connectivity index (χ1n) is 25.6. The number of benzene rings is 4. The highest BCUT2D eigenvalue weighted by Gasteiger charge is 2.34. The Labute approximate surface area is 430 Å². The highest BCUT2D eigenvalue weighted by molar-refractivity contribution is 6.13. The molecule has 19 nitrogen and oxygen atoms in total. The van der Waals surface area contributed by atoms with Crippen LogP contribution in [0.2, 0.25) is 0 Å². The van der Waals surface area contributed by atoms with Gasteiger partial charge in [-0.3, -0.25) is 19.3 Å². The van der Waals surface area contributed by atoms with Gasteiger partial charge in [-0.2, -0.15) is 4.98 Å². The molecule has 3 saturated heterocycles. The molecular weight excluding hydrogens is 941 g/mol. The number of fused-ring (bicyclic) bond motifs is 2. The first kappa shape index (κ1) is 49.6. The normalized spacial score (nSPS) is 16.8. The molecule has 0 radical (unpaired) electrons. The summed E-state index contributed by atoms with van der Waals surface area (Å²) in [6.45, 7) is 13.1. The van der Waals surface area contributed by atoms with Gasteiger partial charge in [0.2, 0.25) is 11.9 Å². The molecule has 3 amide bonds. The molecule has 4 aliphatic heterocycles. The maximum atomic E-state index is 13.9. The molecule has 6 aromatic rings. The summed E-state index contributed by atoms with van der Waals surface area (Å²) in [7, 11) is 3.63. The second-order valence-electron chi connectivity index (χ2n) is 20.0. The smallest absolute Gasteiger partial charge is 0.319 e. The Bertz CT molecular complexity index is 3050. The Hall–Kier alpha value is -7.93. The average Bonchev–Trinajstić information content (AvgIpc) is 3.78. The summed E-state index contributed by atoms with van der Waals surface area (Å²) in [4.78, 5) is 62.5. The van der Waals surface area contributed by atoms with E-state index in [0.717, 1.165) is 88.6 Å². The number of rotatable bonds is 12. The Morgan fingerprint density at radius 1 is 0.757 bits per heavy atom. The molecular formula is C55H64N12O7. The standard InChI is InChI=1S/C55H64N12O7/c1-6-74-48-29-39(15-16-43(48)57-54-56-32-45-50(58-54)61(4)44-10-8-7-9-40(44)53(72)62(45)5)64-23-19-37(20-24-64)52(71)65-21-17-35(18-22-65)33-63-25-27-66(28-26-63)51(70)36-11-13-38(14-12-36)67-49(59-60-55(67)73)42-30-41(34(2)3)46(68)31-47(42)69/h7-16,29-32,34-35,37,68-69H,6,17-28,33H2,1-5H3,(H,60,73)(H,56,57,58). The van der Waals surface area contributed by atoms with Crippen molar-refractivity contribution in [3.8, 4) is 40.3 Å². The number of carbonyl (C=O) groups excluding carboxylic acids is 3. The molecule has 6 heterocycles. The quantitative estimate of drug-likeness (QED) is 0.0943. The number of piperazine rings is 1. The lowest BCUT2D eigenvalue weighted by molar-refractivity contribution is -0.137. The van der Waals surface area contributed by atoms with Gasteiger partial charge < -0.3 is 49.9 Å². The van der Waals surface area contributed by atoms with Crippen LogP contribution in [-0.2, 0) is 4.79 Å². The number of aromatic hydroxyl groups is 3. The fourth-order valence-corrected chi connectivity index (χ4v) is 10.8. The fourth-order valence-electron chi connectivity index (χ4n) is 10.8. The molecule has 0 atom stereocenters. The van der Waals surface area contributed by atoms with Gasteiger partial charge >= 0.3 is 6.01 Å². The average molecular weight is 1010 g/mol. The van der Waals surface area contributed by atoms with Crippen molar-refractivity contribution in [2.24, 2.45) is 11.8 Å². The zero-order valence-electron chi connectivity index (χ0n) is 42.6. The van der Waals surface area contributed by atoms with Gasteiger partial charge in [0.25, 0.3) is 11.8 Å².